The number of aryl methyl sites for hydroxylation is 6. The third-order valence-corrected chi connectivity index (χ3v) is 6.05. The second-order valence-corrected chi connectivity index (χ2v) is 8.87. The van der Waals surface area contributed by atoms with E-state index < -0.39 is 0 Å². The molecule has 0 N–H and O–H groups in total. The fourth-order valence-electron chi connectivity index (χ4n) is 4.21. The largest absolute Gasteiger partial charge is 3.00 e. The van der Waals surface area contributed by atoms with Crippen molar-refractivity contribution in [2.45, 2.75) is 67.2 Å². The Hall–Kier alpha value is -1.33. The molecule has 3 rings (SSSR count). The Morgan fingerprint density at radius 3 is 1.19 bits per heavy atom. The van der Waals surface area contributed by atoms with Crippen molar-refractivity contribution in [3.8, 4) is 0 Å². The van der Waals surface area contributed by atoms with Crippen LogP contribution in [0, 0.1) is 13.8 Å². The molecule has 3 nitrogen and oxygen atoms in total. The minimum atomic E-state index is 0. The Labute approximate surface area is 258 Å². The Balaban J connectivity index is 0. The van der Waals surface area contributed by atoms with Crippen molar-refractivity contribution < 1.29 is 55.8 Å². The third kappa shape index (κ3) is 10.1. The Kier molecular flexibility index (Phi) is 18.5. The molecule has 1 heterocycles. The van der Waals surface area contributed by atoms with Gasteiger partial charge in [0.15, 0.2) is 0 Å². The van der Waals surface area contributed by atoms with E-state index in [1.807, 2.05) is 24.6 Å². The number of rotatable bonds is 8. The zero-order valence-electron chi connectivity index (χ0n) is 22.2. The van der Waals surface area contributed by atoms with Gasteiger partial charge in [-0.05, 0) is 73.9 Å². The van der Waals surface area contributed by atoms with Crippen molar-refractivity contribution in [3.05, 3.63) is 86.2 Å². The smallest absolute Gasteiger partial charge is 1.00 e. The maximum atomic E-state index is 6.43. The molecule has 37 heavy (non-hydrogen) atoms. The first-order chi connectivity index (χ1) is 15.9. The summed E-state index contributed by atoms with van der Waals surface area (Å²) in [4.78, 5) is 14.4. The molecular formula is C29H34Cl4N3V. The first-order valence-corrected chi connectivity index (χ1v) is 12.3. The second kappa shape index (κ2) is 18.0. The van der Waals surface area contributed by atoms with Crippen molar-refractivity contribution in [2.24, 2.45) is 9.98 Å². The van der Waals surface area contributed by atoms with Crippen LogP contribution in [0.5, 0.6) is 0 Å². The topological polar surface area (TPSA) is 37.6 Å². The molecule has 0 saturated carbocycles. The number of halogens is 4. The maximum absolute atomic E-state index is 6.43. The molecule has 0 aliphatic carbocycles. The predicted octanol–water partition coefficient (Wildman–Crippen LogP) is -0.888. The number of nitrogens with zero attached hydrogens (tertiary/aromatic N) is 3. The SMILES string of the molecule is CCc1cc(C)cc(CC)c1N=Cc1cc(Cl)cc(C=Nc2c(CC)cc(C)cc2CC)n1.[Cl-].[Cl-].[Cl-].[V+3]. The molecule has 0 bridgehead atoms. The summed E-state index contributed by atoms with van der Waals surface area (Å²) in [5.41, 5.74) is 11.1. The van der Waals surface area contributed by atoms with E-state index in [-0.39, 0.29) is 55.8 Å². The molecule has 0 amide bonds. The van der Waals surface area contributed by atoms with E-state index in [1.54, 1.807) is 0 Å². The minimum absolute atomic E-state index is 0. The number of aromatic nitrogens is 1. The van der Waals surface area contributed by atoms with Gasteiger partial charge in [0.25, 0.3) is 0 Å². The van der Waals surface area contributed by atoms with Crippen LogP contribution in [0.4, 0.5) is 11.4 Å². The Bertz CT molecular complexity index is 1070. The van der Waals surface area contributed by atoms with Gasteiger partial charge in [0.05, 0.1) is 35.2 Å². The summed E-state index contributed by atoms with van der Waals surface area (Å²) in [5.74, 6) is 0. The van der Waals surface area contributed by atoms with Gasteiger partial charge < -0.3 is 37.2 Å². The number of pyridine rings is 1. The van der Waals surface area contributed by atoms with Gasteiger partial charge >= 0.3 is 18.6 Å². The number of hydrogen-bond acceptors (Lipinski definition) is 3. The zero-order valence-corrected chi connectivity index (χ0v) is 26.7. The molecule has 1 aromatic heterocycles. The van der Waals surface area contributed by atoms with Gasteiger partial charge in [-0.2, -0.15) is 0 Å². The quantitative estimate of drug-likeness (QED) is 0.303. The average molecular weight is 617 g/mol. The standard InChI is InChI=1S/C29H34ClN3.3ClH.V/c1-7-21-11-19(5)12-22(8-2)28(21)31-17-26-15-25(30)16-27(33-26)18-32-29-23(9-3)13-20(6)14-24(29)10-4;;;;/h11-18H,7-10H2,1-6H3;3*1H;/q;;;;+3/p-3. The molecule has 0 radical (unpaired) electrons. The minimum Gasteiger partial charge on any atom is -1.00 e. The Morgan fingerprint density at radius 1 is 0.622 bits per heavy atom. The van der Waals surface area contributed by atoms with E-state index in [0.29, 0.717) is 5.02 Å². The fraction of sp³-hybridized carbons (Fsp3) is 0.345. The van der Waals surface area contributed by atoms with Gasteiger partial charge in [0.2, 0.25) is 0 Å². The van der Waals surface area contributed by atoms with Crippen molar-refractivity contribution in [2.75, 3.05) is 0 Å². The van der Waals surface area contributed by atoms with Crippen LogP contribution in [0.1, 0.15) is 72.5 Å². The van der Waals surface area contributed by atoms with Gasteiger partial charge in [-0.15, -0.1) is 0 Å². The van der Waals surface area contributed by atoms with E-state index in [2.05, 4.69) is 65.8 Å². The van der Waals surface area contributed by atoms with Crippen molar-refractivity contribution >= 4 is 35.4 Å². The van der Waals surface area contributed by atoms with Crippen LogP contribution in [0.3, 0.4) is 0 Å². The van der Waals surface area contributed by atoms with Crippen molar-refractivity contribution in [3.63, 3.8) is 0 Å². The molecule has 3 aromatic rings. The van der Waals surface area contributed by atoms with Gasteiger partial charge in [0.1, 0.15) is 0 Å². The Morgan fingerprint density at radius 2 is 0.919 bits per heavy atom. The van der Waals surface area contributed by atoms with Crippen LogP contribution in [0.15, 0.2) is 46.4 Å². The van der Waals surface area contributed by atoms with Gasteiger partial charge in [0, 0.05) is 5.02 Å². The van der Waals surface area contributed by atoms with E-state index in [1.165, 1.54) is 33.4 Å². The monoisotopic (exact) mass is 615 g/mol. The molecule has 2 aromatic carbocycles. The van der Waals surface area contributed by atoms with Crippen LogP contribution in [-0.2, 0) is 44.2 Å². The summed E-state index contributed by atoms with van der Waals surface area (Å²) in [5, 5.41) is 0.624. The van der Waals surface area contributed by atoms with E-state index >= 15 is 0 Å². The summed E-state index contributed by atoms with van der Waals surface area (Å²) < 4.78 is 0. The van der Waals surface area contributed by atoms with Crippen LogP contribution in [-0.4, -0.2) is 17.4 Å². The molecule has 0 unspecified atom stereocenters. The fourth-order valence-corrected chi connectivity index (χ4v) is 4.43. The van der Waals surface area contributed by atoms with Crippen LogP contribution >= 0.6 is 11.6 Å². The summed E-state index contributed by atoms with van der Waals surface area (Å²) in [6, 6.07) is 12.5. The van der Waals surface area contributed by atoms with E-state index in [0.717, 1.165) is 48.4 Å². The second-order valence-electron chi connectivity index (χ2n) is 8.43. The normalized spacial score (nSPS) is 10.5. The molecule has 0 spiro atoms. The number of hydrogen-bond donors (Lipinski definition) is 0. The van der Waals surface area contributed by atoms with Crippen LogP contribution in [0.2, 0.25) is 5.02 Å². The molecular weight excluding hydrogens is 583 g/mol. The maximum Gasteiger partial charge on any atom is 3.00 e. The first-order valence-electron chi connectivity index (χ1n) is 11.9. The van der Waals surface area contributed by atoms with Gasteiger partial charge in [-0.1, -0.05) is 74.7 Å². The number of aliphatic imine (C=N–C) groups is 2. The van der Waals surface area contributed by atoms with Crippen LogP contribution in [0.25, 0.3) is 0 Å². The summed E-state index contributed by atoms with van der Waals surface area (Å²) in [7, 11) is 0. The predicted molar refractivity (Wildman–Crippen MR) is 144 cm³/mol. The van der Waals surface area contributed by atoms with E-state index in [4.69, 9.17) is 26.6 Å². The van der Waals surface area contributed by atoms with Crippen molar-refractivity contribution in [1.82, 2.24) is 4.98 Å². The summed E-state index contributed by atoms with van der Waals surface area (Å²) >= 11 is 6.43. The summed E-state index contributed by atoms with van der Waals surface area (Å²) in [6.45, 7) is 12.9. The number of benzene rings is 2. The molecule has 198 valence electrons. The summed E-state index contributed by atoms with van der Waals surface area (Å²) in [6.07, 6.45) is 7.40. The van der Waals surface area contributed by atoms with E-state index in [9.17, 15) is 0 Å². The molecule has 8 heteroatoms. The third-order valence-electron chi connectivity index (χ3n) is 5.83. The molecule has 0 saturated heterocycles. The molecule has 0 aliphatic heterocycles. The first kappa shape index (κ1) is 37.8. The van der Waals surface area contributed by atoms with Gasteiger partial charge in [-0.25, -0.2) is 4.98 Å². The molecule has 0 fully saturated rings. The van der Waals surface area contributed by atoms with Gasteiger partial charge in [-0.3, -0.25) is 9.98 Å². The van der Waals surface area contributed by atoms with Crippen molar-refractivity contribution in [1.29, 1.82) is 0 Å². The van der Waals surface area contributed by atoms with Crippen LogP contribution < -0.4 is 37.2 Å². The zero-order chi connectivity index (χ0) is 24.0. The molecule has 0 atom stereocenters. The average Bonchev–Trinajstić information content (AvgIpc) is 2.80. The molecule has 0 aliphatic rings.